The third-order valence-electron chi connectivity index (χ3n) is 5.93. The Labute approximate surface area is 243 Å². The largest absolute Gasteiger partial charge is 0.490 e. The first-order valence-electron chi connectivity index (χ1n) is 13.3. The lowest BCUT2D eigenvalue weighted by Gasteiger charge is -2.15. The summed E-state index contributed by atoms with van der Waals surface area (Å²) >= 11 is 3.62. The van der Waals surface area contributed by atoms with Crippen LogP contribution in [0.2, 0.25) is 0 Å². The highest BCUT2D eigenvalue weighted by Crippen LogP contribution is 2.37. The maximum atomic E-state index is 12.7. The third-order valence-corrected chi connectivity index (χ3v) is 6.52. The standard InChI is InChI=1S/C32H33BrN2O5/c1-4-16-39-28-15-14-24(19-29(28)37-5-2)32(36)35-34-20-22-17-27(33)31(30(18-22)38-6-3)40-21-25-12-9-11-23-10-7-8-13-26(23)25/h7-15,17-20H,4-6,16,21H2,1-3H3,(H,35,36)/b34-20+. The SMILES string of the molecule is CCCOc1ccc(C(=O)N/N=C/c2cc(Br)c(OCc3cccc4ccccc34)c(OCC)c2)cc1OCC. The van der Waals surface area contributed by atoms with E-state index in [-0.39, 0.29) is 5.91 Å². The number of hydrogen-bond donors (Lipinski definition) is 1. The van der Waals surface area contributed by atoms with Crippen molar-refractivity contribution in [1.29, 1.82) is 0 Å². The van der Waals surface area contributed by atoms with Crippen LogP contribution in [0.1, 0.15) is 48.7 Å². The average molecular weight is 606 g/mol. The first-order valence-corrected chi connectivity index (χ1v) is 14.1. The highest BCUT2D eigenvalue weighted by Gasteiger charge is 2.14. The quantitative estimate of drug-likeness (QED) is 0.126. The highest BCUT2D eigenvalue weighted by atomic mass is 79.9. The van der Waals surface area contributed by atoms with Gasteiger partial charge in [0.15, 0.2) is 23.0 Å². The van der Waals surface area contributed by atoms with Crippen molar-refractivity contribution < 1.29 is 23.7 Å². The number of fused-ring (bicyclic) bond motifs is 1. The molecule has 0 fully saturated rings. The Kier molecular flexibility index (Phi) is 10.4. The Hall–Kier alpha value is -4.04. The van der Waals surface area contributed by atoms with Gasteiger partial charge in [0.1, 0.15) is 6.61 Å². The van der Waals surface area contributed by atoms with Gasteiger partial charge < -0.3 is 18.9 Å². The molecule has 0 heterocycles. The van der Waals surface area contributed by atoms with Crippen molar-refractivity contribution in [3.05, 3.63) is 94.0 Å². The molecule has 0 saturated heterocycles. The number of carbonyl (C=O) groups excluding carboxylic acids is 1. The van der Waals surface area contributed by atoms with Gasteiger partial charge in [-0.1, -0.05) is 49.4 Å². The molecule has 0 spiro atoms. The van der Waals surface area contributed by atoms with Gasteiger partial charge in [0.25, 0.3) is 5.91 Å². The van der Waals surface area contributed by atoms with Crippen molar-refractivity contribution in [3.8, 4) is 23.0 Å². The molecule has 0 unspecified atom stereocenters. The van der Waals surface area contributed by atoms with E-state index >= 15 is 0 Å². The van der Waals surface area contributed by atoms with Gasteiger partial charge in [-0.05, 0) is 88.4 Å². The number of rotatable bonds is 13. The molecule has 0 aliphatic heterocycles. The fourth-order valence-corrected chi connectivity index (χ4v) is 4.69. The predicted octanol–water partition coefficient (Wildman–Crippen LogP) is 7.53. The van der Waals surface area contributed by atoms with E-state index in [4.69, 9.17) is 18.9 Å². The van der Waals surface area contributed by atoms with Crippen LogP contribution in [0.25, 0.3) is 10.8 Å². The molecule has 4 aromatic rings. The number of ether oxygens (including phenoxy) is 4. The van der Waals surface area contributed by atoms with Crippen LogP contribution < -0.4 is 24.4 Å². The van der Waals surface area contributed by atoms with Crippen molar-refractivity contribution in [3.63, 3.8) is 0 Å². The summed E-state index contributed by atoms with van der Waals surface area (Å²) in [6.07, 6.45) is 2.43. The Morgan fingerprint density at radius 1 is 0.850 bits per heavy atom. The lowest BCUT2D eigenvalue weighted by molar-refractivity contribution is 0.0954. The van der Waals surface area contributed by atoms with E-state index in [0.717, 1.165) is 32.8 Å². The first kappa shape index (κ1) is 29.0. The van der Waals surface area contributed by atoms with Crippen molar-refractivity contribution in [2.24, 2.45) is 5.10 Å². The van der Waals surface area contributed by atoms with Gasteiger partial charge in [0.2, 0.25) is 0 Å². The molecule has 208 valence electrons. The average Bonchev–Trinajstić information content (AvgIpc) is 2.96. The zero-order valence-electron chi connectivity index (χ0n) is 22.9. The van der Waals surface area contributed by atoms with Crippen molar-refractivity contribution in [1.82, 2.24) is 5.43 Å². The van der Waals surface area contributed by atoms with Crippen molar-refractivity contribution in [2.45, 2.75) is 33.8 Å². The summed E-state index contributed by atoms with van der Waals surface area (Å²) in [5.74, 6) is 1.95. The molecule has 0 atom stereocenters. The molecular formula is C32H33BrN2O5. The van der Waals surface area contributed by atoms with Gasteiger partial charge in [-0.3, -0.25) is 4.79 Å². The monoisotopic (exact) mass is 604 g/mol. The van der Waals surface area contributed by atoms with Crippen LogP contribution in [0.15, 0.2) is 82.4 Å². The smallest absolute Gasteiger partial charge is 0.271 e. The van der Waals surface area contributed by atoms with Crippen LogP contribution >= 0.6 is 15.9 Å². The number of carbonyl (C=O) groups is 1. The fourth-order valence-electron chi connectivity index (χ4n) is 4.11. The lowest BCUT2D eigenvalue weighted by atomic mass is 10.1. The molecule has 7 nitrogen and oxygen atoms in total. The maximum Gasteiger partial charge on any atom is 0.271 e. The fraction of sp³-hybridized carbons (Fsp3) is 0.250. The molecule has 0 bridgehead atoms. The summed E-state index contributed by atoms with van der Waals surface area (Å²) in [7, 11) is 0. The second kappa shape index (κ2) is 14.4. The number of hydrazone groups is 1. The molecule has 1 N–H and O–H groups in total. The van der Waals surface area contributed by atoms with Gasteiger partial charge in [0, 0.05) is 5.56 Å². The number of amides is 1. The van der Waals surface area contributed by atoms with Crippen LogP contribution in [-0.4, -0.2) is 31.9 Å². The Balaban J connectivity index is 1.47. The Bertz CT molecular complexity index is 1480. The number of benzene rings is 4. The van der Waals surface area contributed by atoms with E-state index in [1.165, 1.54) is 0 Å². The summed E-state index contributed by atoms with van der Waals surface area (Å²) in [5, 5.41) is 6.46. The summed E-state index contributed by atoms with van der Waals surface area (Å²) in [4.78, 5) is 12.7. The molecular weight excluding hydrogens is 572 g/mol. The Morgan fingerprint density at radius 2 is 1.62 bits per heavy atom. The summed E-state index contributed by atoms with van der Waals surface area (Å²) in [6.45, 7) is 7.72. The lowest BCUT2D eigenvalue weighted by Crippen LogP contribution is -2.17. The molecule has 0 aromatic heterocycles. The van der Waals surface area contributed by atoms with E-state index in [2.05, 4.69) is 50.7 Å². The maximum absolute atomic E-state index is 12.7. The number of halogens is 1. The third kappa shape index (κ3) is 7.33. The van der Waals surface area contributed by atoms with E-state index in [1.54, 1.807) is 24.4 Å². The zero-order valence-corrected chi connectivity index (χ0v) is 24.5. The molecule has 8 heteroatoms. The number of nitrogens with zero attached hydrogens (tertiary/aromatic N) is 1. The summed E-state index contributed by atoms with van der Waals surface area (Å²) < 4.78 is 24.2. The first-order chi connectivity index (χ1) is 19.5. The Morgan fingerprint density at radius 3 is 2.42 bits per heavy atom. The number of nitrogens with one attached hydrogen (secondary N) is 1. The molecule has 0 aliphatic carbocycles. The van der Waals surface area contributed by atoms with E-state index < -0.39 is 0 Å². The molecule has 4 aromatic carbocycles. The molecule has 0 radical (unpaired) electrons. The van der Waals surface area contributed by atoms with Gasteiger partial charge in [0.05, 0.1) is 30.5 Å². The molecule has 40 heavy (non-hydrogen) atoms. The van der Waals surface area contributed by atoms with Crippen LogP contribution in [0.3, 0.4) is 0 Å². The minimum absolute atomic E-state index is 0.363. The summed E-state index contributed by atoms with van der Waals surface area (Å²) in [6, 6.07) is 23.2. The molecule has 0 aliphatic rings. The minimum atomic E-state index is -0.363. The van der Waals surface area contributed by atoms with Crippen molar-refractivity contribution >= 4 is 38.8 Å². The zero-order chi connectivity index (χ0) is 28.3. The van der Waals surface area contributed by atoms with Crippen molar-refractivity contribution in [2.75, 3.05) is 19.8 Å². The van der Waals surface area contributed by atoms with Gasteiger partial charge in [-0.15, -0.1) is 0 Å². The number of hydrogen-bond acceptors (Lipinski definition) is 6. The topological polar surface area (TPSA) is 78.4 Å². The highest BCUT2D eigenvalue weighted by molar-refractivity contribution is 9.10. The minimum Gasteiger partial charge on any atom is -0.490 e. The predicted molar refractivity (Wildman–Crippen MR) is 162 cm³/mol. The van der Waals surface area contributed by atoms with Crippen LogP contribution in [0, 0.1) is 0 Å². The van der Waals surface area contributed by atoms with Crippen LogP contribution in [0.4, 0.5) is 0 Å². The van der Waals surface area contributed by atoms with E-state index in [0.29, 0.717) is 55.0 Å². The second-order valence-corrected chi connectivity index (χ2v) is 9.69. The molecule has 1 amide bonds. The van der Waals surface area contributed by atoms with Crippen LogP contribution in [-0.2, 0) is 6.61 Å². The summed E-state index contributed by atoms with van der Waals surface area (Å²) in [5.41, 5.74) is 4.80. The van der Waals surface area contributed by atoms with Gasteiger partial charge in [-0.25, -0.2) is 5.43 Å². The van der Waals surface area contributed by atoms with E-state index in [9.17, 15) is 4.79 Å². The molecule has 4 rings (SSSR count). The van der Waals surface area contributed by atoms with Crippen LogP contribution in [0.5, 0.6) is 23.0 Å². The van der Waals surface area contributed by atoms with E-state index in [1.807, 2.05) is 51.1 Å². The normalized spacial score (nSPS) is 11.0. The molecule has 0 saturated carbocycles. The second-order valence-electron chi connectivity index (χ2n) is 8.83. The van der Waals surface area contributed by atoms with Gasteiger partial charge in [-0.2, -0.15) is 5.10 Å². The van der Waals surface area contributed by atoms with Gasteiger partial charge >= 0.3 is 0 Å².